The summed E-state index contributed by atoms with van der Waals surface area (Å²) in [5, 5.41) is 10.3. The molecule has 0 bridgehead atoms. The first-order chi connectivity index (χ1) is 9.61. The average molecular weight is 302 g/mol. The highest BCUT2D eigenvalue weighted by molar-refractivity contribution is 5.80. The summed E-state index contributed by atoms with van der Waals surface area (Å²) in [6.07, 6.45) is 2.71. The molecular weight excluding hydrogens is 272 g/mol. The molecule has 6 heteroatoms. The lowest BCUT2D eigenvalue weighted by molar-refractivity contribution is -0.168. The topological polar surface area (TPSA) is 70.1 Å². The molecule has 0 spiro atoms. The molecule has 0 aliphatic carbocycles. The predicted molar refractivity (Wildman–Crippen MR) is 81.0 cm³/mol. The van der Waals surface area contributed by atoms with E-state index in [1.54, 1.807) is 20.8 Å². The van der Waals surface area contributed by atoms with Crippen LogP contribution in [-0.4, -0.2) is 59.8 Å². The van der Waals surface area contributed by atoms with Gasteiger partial charge >= 0.3 is 5.97 Å². The molecule has 0 aromatic rings. The second kappa shape index (κ2) is 9.73. The molecule has 0 aromatic heterocycles. The van der Waals surface area contributed by atoms with Crippen LogP contribution in [0.3, 0.4) is 0 Å². The quantitative estimate of drug-likeness (QED) is 0.305. The van der Waals surface area contributed by atoms with Crippen LogP contribution < -0.4 is 0 Å². The summed E-state index contributed by atoms with van der Waals surface area (Å²) in [6.45, 7) is 6.63. The summed E-state index contributed by atoms with van der Waals surface area (Å²) < 4.78 is 5.11. The molecule has 0 saturated carbocycles. The SMILES string of the molecule is CN(C)CCCCCN(O)C(=O)CCC(=O)OC(C)(C)C. The van der Waals surface area contributed by atoms with Gasteiger partial charge in [0.15, 0.2) is 0 Å². The molecule has 1 amide bonds. The van der Waals surface area contributed by atoms with Gasteiger partial charge < -0.3 is 9.64 Å². The van der Waals surface area contributed by atoms with Gasteiger partial charge in [-0.15, -0.1) is 0 Å². The van der Waals surface area contributed by atoms with Crippen molar-refractivity contribution in [3.63, 3.8) is 0 Å². The molecule has 0 aliphatic heterocycles. The van der Waals surface area contributed by atoms with Crippen LogP contribution in [-0.2, 0) is 14.3 Å². The maximum atomic E-state index is 11.6. The highest BCUT2D eigenvalue weighted by Gasteiger charge is 2.18. The third-order valence-electron chi connectivity index (χ3n) is 2.73. The van der Waals surface area contributed by atoms with E-state index in [2.05, 4.69) is 4.90 Å². The molecule has 21 heavy (non-hydrogen) atoms. The Balaban J connectivity index is 3.78. The lowest BCUT2D eigenvalue weighted by Gasteiger charge is -2.20. The Morgan fingerprint density at radius 3 is 2.10 bits per heavy atom. The van der Waals surface area contributed by atoms with Crippen molar-refractivity contribution in [2.24, 2.45) is 0 Å². The predicted octanol–water partition coefficient (Wildman–Crippen LogP) is 2.06. The highest BCUT2D eigenvalue weighted by Crippen LogP contribution is 2.09. The third-order valence-corrected chi connectivity index (χ3v) is 2.73. The van der Waals surface area contributed by atoms with Crippen LogP contribution in [0, 0.1) is 0 Å². The Kier molecular flexibility index (Phi) is 9.21. The first kappa shape index (κ1) is 19.9. The Labute approximate surface area is 128 Å². The largest absolute Gasteiger partial charge is 0.460 e. The Bertz CT molecular complexity index is 324. The van der Waals surface area contributed by atoms with Crippen molar-refractivity contribution in [1.82, 2.24) is 9.96 Å². The summed E-state index contributed by atoms with van der Waals surface area (Å²) >= 11 is 0. The van der Waals surface area contributed by atoms with Crippen LogP contribution in [0.2, 0.25) is 0 Å². The van der Waals surface area contributed by atoms with E-state index in [1.807, 2.05) is 14.1 Å². The Hall–Kier alpha value is -1.14. The van der Waals surface area contributed by atoms with Gasteiger partial charge in [0, 0.05) is 13.0 Å². The van der Waals surface area contributed by atoms with Crippen molar-refractivity contribution in [3.8, 4) is 0 Å². The van der Waals surface area contributed by atoms with E-state index in [4.69, 9.17) is 4.74 Å². The Morgan fingerprint density at radius 2 is 1.57 bits per heavy atom. The number of hydrogen-bond donors (Lipinski definition) is 1. The minimum atomic E-state index is -0.550. The fourth-order valence-electron chi connectivity index (χ4n) is 1.72. The van der Waals surface area contributed by atoms with Crippen molar-refractivity contribution >= 4 is 11.9 Å². The number of carbonyl (C=O) groups is 2. The maximum Gasteiger partial charge on any atom is 0.306 e. The van der Waals surface area contributed by atoms with Crippen LogP contribution in [0.25, 0.3) is 0 Å². The molecule has 0 radical (unpaired) electrons. The minimum Gasteiger partial charge on any atom is -0.460 e. The summed E-state index contributed by atoms with van der Waals surface area (Å²) in [6, 6.07) is 0. The first-order valence-electron chi connectivity index (χ1n) is 7.47. The zero-order chi connectivity index (χ0) is 16.5. The van der Waals surface area contributed by atoms with Gasteiger partial charge in [-0.3, -0.25) is 14.8 Å². The van der Waals surface area contributed by atoms with Crippen LogP contribution in [0.1, 0.15) is 52.9 Å². The van der Waals surface area contributed by atoms with Gasteiger partial charge in [-0.05, 0) is 54.3 Å². The number of unbranched alkanes of at least 4 members (excludes halogenated alkanes) is 2. The fraction of sp³-hybridized carbons (Fsp3) is 0.867. The second-order valence-electron chi connectivity index (χ2n) is 6.47. The number of amides is 1. The zero-order valence-corrected chi connectivity index (χ0v) is 14.0. The van der Waals surface area contributed by atoms with E-state index < -0.39 is 17.5 Å². The second-order valence-corrected chi connectivity index (χ2v) is 6.47. The van der Waals surface area contributed by atoms with E-state index in [0.717, 1.165) is 25.8 Å². The van der Waals surface area contributed by atoms with E-state index in [9.17, 15) is 14.8 Å². The van der Waals surface area contributed by atoms with Gasteiger partial charge in [0.2, 0.25) is 5.91 Å². The molecule has 6 nitrogen and oxygen atoms in total. The molecule has 0 atom stereocenters. The Morgan fingerprint density at radius 1 is 1.00 bits per heavy atom. The summed E-state index contributed by atoms with van der Waals surface area (Å²) in [5.74, 6) is -0.858. The number of hydrogen-bond acceptors (Lipinski definition) is 5. The average Bonchev–Trinajstić information content (AvgIpc) is 2.32. The molecule has 1 N–H and O–H groups in total. The number of esters is 1. The van der Waals surface area contributed by atoms with E-state index in [-0.39, 0.29) is 12.8 Å². The maximum absolute atomic E-state index is 11.6. The number of nitrogens with zero attached hydrogens (tertiary/aromatic N) is 2. The number of carbonyl (C=O) groups excluding carboxylic acids is 2. The summed E-state index contributed by atoms with van der Waals surface area (Å²) in [4.78, 5) is 25.2. The third kappa shape index (κ3) is 12.3. The van der Waals surface area contributed by atoms with Crippen molar-refractivity contribution < 1.29 is 19.5 Å². The number of ether oxygens (including phenoxy) is 1. The van der Waals surface area contributed by atoms with Crippen molar-refractivity contribution in [1.29, 1.82) is 0 Å². The van der Waals surface area contributed by atoms with Gasteiger partial charge in [-0.1, -0.05) is 6.42 Å². The van der Waals surface area contributed by atoms with E-state index in [0.29, 0.717) is 11.6 Å². The molecule has 0 saturated heterocycles. The van der Waals surface area contributed by atoms with Crippen molar-refractivity contribution in [3.05, 3.63) is 0 Å². The molecule has 0 heterocycles. The van der Waals surface area contributed by atoms with Gasteiger partial charge in [0.1, 0.15) is 5.60 Å². The van der Waals surface area contributed by atoms with Crippen molar-refractivity contribution in [2.45, 2.75) is 58.5 Å². The minimum absolute atomic E-state index is 0.00616. The fourth-order valence-corrected chi connectivity index (χ4v) is 1.72. The number of rotatable bonds is 9. The van der Waals surface area contributed by atoms with Gasteiger partial charge in [0.25, 0.3) is 0 Å². The zero-order valence-electron chi connectivity index (χ0n) is 14.0. The van der Waals surface area contributed by atoms with E-state index >= 15 is 0 Å². The van der Waals surface area contributed by atoms with Gasteiger partial charge in [0.05, 0.1) is 6.42 Å². The summed E-state index contributed by atoms with van der Waals surface area (Å²) in [5.41, 5.74) is -0.550. The molecule has 0 aliphatic rings. The van der Waals surface area contributed by atoms with E-state index in [1.165, 1.54) is 0 Å². The lowest BCUT2D eigenvalue weighted by atomic mass is 10.2. The van der Waals surface area contributed by atoms with Crippen LogP contribution in [0.15, 0.2) is 0 Å². The first-order valence-corrected chi connectivity index (χ1v) is 7.47. The standard InChI is InChI=1S/C15H30N2O4/c1-15(2,3)21-14(19)10-9-13(18)17(20)12-8-6-7-11-16(4)5/h20H,6-12H2,1-5H3. The normalized spacial score (nSPS) is 11.6. The van der Waals surface area contributed by atoms with Gasteiger partial charge in [-0.25, -0.2) is 5.06 Å². The smallest absolute Gasteiger partial charge is 0.306 e. The molecular formula is C15H30N2O4. The van der Waals surface area contributed by atoms with Crippen LogP contribution >= 0.6 is 0 Å². The summed E-state index contributed by atoms with van der Waals surface area (Å²) in [7, 11) is 4.02. The number of hydroxylamine groups is 2. The lowest BCUT2D eigenvalue weighted by Crippen LogP contribution is -2.30. The van der Waals surface area contributed by atoms with Crippen LogP contribution in [0.5, 0.6) is 0 Å². The van der Waals surface area contributed by atoms with Gasteiger partial charge in [-0.2, -0.15) is 0 Å². The van der Waals surface area contributed by atoms with Crippen LogP contribution in [0.4, 0.5) is 0 Å². The molecule has 0 aromatic carbocycles. The molecule has 0 rings (SSSR count). The molecule has 124 valence electrons. The monoisotopic (exact) mass is 302 g/mol. The highest BCUT2D eigenvalue weighted by atomic mass is 16.6. The molecule has 0 unspecified atom stereocenters. The molecule has 0 fully saturated rings. The van der Waals surface area contributed by atoms with Crippen molar-refractivity contribution in [2.75, 3.05) is 27.2 Å².